The Hall–Kier alpha value is -1.35. The molecular weight excluding hydrogens is 411 g/mol. The number of rotatable bonds is 5. The highest BCUT2D eigenvalue weighted by Gasteiger charge is 2.23. The predicted octanol–water partition coefficient (Wildman–Crippen LogP) is 1.68. The van der Waals surface area contributed by atoms with Gasteiger partial charge in [0.1, 0.15) is 18.1 Å². The number of benzene rings is 1. The third kappa shape index (κ3) is 6.07. The van der Waals surface area contributed by atoms with Crippen LogP contribution in [-0.2, 0) is 26.9 Å². The first kappa shape index (κ1) is 23.7. The standard InChI is InChI=1S/C17H24N4O3S.2ClH/c1-12-13(7-5-9-18-12)20-17(22)10-21-15-8-4-3-6-14(15)19-16(21)11-25(2,23)24;;/h3-4,6,8,12-13,18H,5,7,9-11H2,1-2H3,(H,20,22);2*1H. The fourth-order valence-corrected chi connectivity index (χ4v) is 3.97. The molecule has 27 heavy (non-hydrogen) atoms. The number of nitrogens with one attached hydrogen (secondary N) is 2. The van der Waals surface area contributed by atoms with Crippen LogP contribution in [0, 0.1) is 0 Å². The highest BCUT2D eigenvalue weighted by atomic mass is 35.5. The maximum absolute atomic E-state index is 12.5. The van der Waals surface area contributed by atoms with Crippen LogP contribution >= 0.6 is 24.8 Å². The SMILES string of the molecule is CC1NCCCC1NC(=O)Cn1c(CS(C)(=O)=O)nc2ccccc21.Cl.Cl. The number of carbonyl (C=O) groups is 1. The number of halogens is 2. The molecule has 10 heteroatoms. The van der Waals surface area contributed by atoms with Crippen molar-refractivity contribution < 1.29 is 13.2 Å². The van der Waals surface area contributed by atoms with E-state index in [1.54, 1.807) is 4.57 Å². The monoisotopic (exact) mass is 436 g/mol. The van der Waals surface area contributed by atoms with Gasteiger partial charge in [-0.05, 0) is 38.4 Å². The lowest BCUT2D eigenvalue weighted by Crippen LogP contribution is -2.52. The van der Waals surface area contributed by atoms with E-state index in [-0.39, 0.29) is 55.1 Å². The van der Waals surface area contributed by atoms with E-state index in [2.05, 4.69) is 22.5 Å². The molecule has 0 saturated carbocycles. The summed E-state index contributed by atoms with van der Waals surface area (Å²) in [5.41, 5.74) is 1.47. The molecule has 2 unspecified atom stereocenters. The summed E-state index contributed by atoms with van der Waals surface area (Å²) in [5.74, 6) is 0.0863. The van der Waals surface area contributed by atoms with Crippen LogP contribution in [0.5, 0.6) is 0 Å². The third-order valence-electron chi connectivity index (χ3n) is 4.53. The average Bonchev–Trinajstić information content (AvgIpc) is 2.85. The second-order valence-electron chi connectivity index (χ2n) is 6.73. The molecule has 2 aromatic rings. The number of fused-ring (bicyclic) bond motifs is 1. The zero-order chi connectivity index (χ0) is 18.0. The van der Waals surface area contributed by atoms with Crippen LogP contribution in [0.4, 0.5) is 0 Å². The highest BCUT2D eigenvalue weighted by Crippen LogP contribution is 2.18. The number of imidazole rings is 1. The smallest absolute Gasteiger partial charge is 0.240 e. The fourth-order valence-electron chi connectivity index (χ4n) is 3.28. The fraction of sp³-hybridized carbons (Fsp3) is 0.529. The van der Waals surface area contributed by atoms with Crippen molar-refractivity contribution in [1.82, 2.24) is 20.2 Å². The summed E-state index contributed by atoms with van der Waals surface area (Å²) >= 11 is 0. The van der Waals surface area contributed by atoms with E-state index in [1.165, 1.54) is 6.26 Å². The second kappa shape index (κ2) is 9.73. The van der Waals surface area contributed by atoms with Crippen LogP contribution in [0.2, 0.25) is 0 Å². The van der Waals surface area contributed by atoms with E-state index >= 15 is 0 Å². The first-order valence-corrected chi connectivity index (χ1v) is 10.5. The lowest BCUT2D eigenvalue weighted by atomic mass is 10.00. The summed E-state index contributed by atoms with van der Waals surface area (Å²) in [7, 11) is -3.24. The summed E-state index contributed by atoms with van der Waals surface area (Å²) in [6, 6.07) is 7.70. The van der Waals surface area contributed by atoms with Crippen molar-refractivity contribution >= 4 is 51.6 Å². The maximum Gasteiger partial charge on any atom is 0.240 e. The molecule has 152 valence electrons. The van der Waals surface area contributed by atoms with Crippen molar-refractivity contribution in [2.75, 3.05) is 12.8 Å². The molecule has 2 atom stereocenters. The normalized spacial score (nSPS) is 19.8. The van der Waals surface area contributed by atoms with Crippen molar-refractivity contribution in [2.24, 2.45) is 0 Å². The minimum absolute atomic E-state index is 0. The van der Waals surface area contributed by atoms with E-state index in [9.17, 15) is 13.2 Å². The van der Waals surface area contributed by atoms with Crippen LogP contribution in [0.3, 0.4) is 0 Å². The minimum Gasteiger partial charge on any atom is -0.350 e. The molecule has 0 spiro atoms. The van der Waals surface area contributed by atoms with Gasteiger partial charge in [-0.2, -0.15) is 0 Å². The van der Waals surface area contributed by atoms with Crippen LogP contribution in [0.25, 0.3) is 11.0 Å². The van der Waals surface area contributed by atoms with Gasteiger partial charge in [-0.15, -0.1) is 24.8 Å². The number of sulfone groups is 1. The Labute approximate surface area is 172 Å². The molecule has 0 radical (unpaired) electrons. The number of amides is 1. The zero-order valence-electron chi connectivity index (χ0n) is 15.3. The first-order chi connectivity index (χ1) is 11.8. The largest absolute Gasteiger partial charge is 0.350 e. The van der Waals surface area contributed by atoms with E-state index in [0.29, 0.717) is 11.3 Å². The van der Waals surface area contributed by atoms with Gasteiger partial charge in [0.15, 0.2) is 9.84 Å². The van der Waals surface area contributed by atoms with E-state index < -0.39 is 9.84 Å². The molecular formula is C17H26Cl2N4O3S. The van der Waals surface area contributed by atoms with Gasteiger partial charge < -0.3 is 15.2 Å². The quantitative estimate of drug-likeness (QED) is 0.743. The molecule has 7 nitrogen and oxygen atoms in total. The molecule has 2 heterocycles. The van der Waals surface area contributed by atoms with Gasteiger partial charge in [0.05, 0.1) is 11.0 Å². The van der Waals surface area contributed by atoms with Crippen LogP contribution < -0.4 is 10.6 Å². The Bertz CT molecular complexity index is 885. The van der Waals surface area contributed by atoms with E-state index in [1.807, 2.05) is 24.3 Å². The number of carbonyl (C=O) groups excluding carboxylic acids is 1. The molecule has 2 N–H and O–H groups in total. The minimum atomic E-state index is -3.24. The Kier molecular flexibility index (Phi) is 8.53. The molecule has 1 saturated heterocycles. The number of nitrogens with zero attached hydrogens (tertiary/aromatic N) is 2. The van der Waals surface area contributed by atoms with Gasteiger partial charge >= 0.3 is 0 Å². The second-order valence-corrected chi connectivity index (χ2v) is 8.87. The van der Waals surface area contributed by atoms with Gasteiger partial charge in [0.2, 0.25) is 5.91 Å². The molecule has 0 aliphatic carbocycles. The summed E-state index contributed by atoms with van der Waals surface area (Å²) in [5, 5.41) is 6.42. The average molecular weight is 437 g/mol. The maximum atomic E-state index is 12.5. The predicted molar refractivity (Wildman–Crippen MR) is 111 cm³/mol. The van der Waals surface area contributed by atoms with E-state index in [0.717, 1.165) is 24.9 Å². The van der Waals surface area contributed by atoms with Crippen molar-refractivity contribution in [3.05, 3.63) is 30.1 Å². The van der Waals surface area contributed by atoms with Gasteiger partial charge in [-0.1, -0.05) is 12.1 Å². The Morgan fingerprint density at radius 3 is 2.70 bits per heavy atom. The Morgan fingerprint density at radius 2 is 2.04 bits per heavy atom. The van der Waals surface area contributed by atoms with Gasteiger partial charge in [-0.25, -0.2) is 13.4 Å². The number of hydrogen-bond donors (Lipinski definition) is 2. The van der Waals surface area contributed by atoms with Crippen LogP contribution in [-0.4, -0.2) is 48.8 Å². The number of hydrogen-bond acceptors (Lipinski definition) is 5. The molecule has 1 aliphatic heterocycles. The summed E-state index contributed by atoms with van der Waals surface area (Å²) in [6.07, 6.45) is 3.15. The zero-order valence-corrected chi connectivity index (χ0v) is 17.8. The summed E-state index contributed by atoms with van der Waals surface area (Å²) in [4.78, 5) is 17.0. The topological polar surface area (TPSA) is 93.1 Å². The van der Waals surface area contributed by atoms with Crippen molar-refractivity contribution in [3.8, 4) is 0 Å². The molecule has 1 fully saturated rings. The number of piperidine rings is 1. The molecule has 1 aromatic heterocycles. The molecule has 1 aliphatic rings. The lowest BCUT2D eigenvalue weighted by Gasteiger charge is -2.30. The summed E-state index contributed by atoms with van der Waals surface area (Å²) in [6.45, 7) is 3.10. The number of aromatic nitrogens is 2. The first-order valence-electron chi connectivity index (χ1n) is 8.48. The molecule has 1 amide bonds. The van der Waals surface area contributed by atoms with Gasteiger partial charge in [0.25, 0.3) is 0 Å². The highest BCUT2D eigenvalue weighted by molar-refractivity contribution is 7.89. The Balaban J connectivity index is 0.00000182. The lowest BCUT2D eigenvalue weighted by molar-refractivity contribution is -0.122. The van der Waals surface area contributed by atoms with E-state index in [4.69, 9.17) is 0 Å². The Morgan fingerprint density at radius 1 is 1.33 bits per heavy atom. The number of para-hydroxylation sites is 2. The van der Waals surface area contributed by atoms with Crippen molar-refractivity contribution in [3.63, 3.8) is 0 Å². The molecule has 3 rings (SSSR count). The summed E-state index contributed by atoms with van der Waals surface area (Å²) < 4.78 is 25.1. The van der Waals surface area contributed by atoms with Crippen molar-refractivity contribution in [1.29, 1.82) is 0 Å². The molecule has 0 bridgehead atoms. The van der Waals surface area contributed by atoms with Crippen molar-refractivity contribution in [2.45, 2.75) is 44.1 Å². The van der Waals surface area contributed by atoms with Crippen LogP contribution in [0.1, 0.15) is 25.6 Å². The van der Waals surface area contributed by atoms with Gasteiger partial charge in [0, 0.05) is 18.3 Å². The molecule has 1 aromatic carbocycles. The van der Waals surface area contributed by atoms with Gasteiger partial charge in [-0.3, -0.25) is 4.79 Å². The third-order valence-corrected chi connectivity index (χ3v) is 5.32. The van der Waals surface area contributed by atoms with Crippen LogP contribution in [0.15, 0.2) is 24.3 Å².